The number of sulfone groups is 1. The van der Waals surface area contributed by atoms with Crippen molar-refractivity contribution in [3.63, 3.8) is 0 Å². The molecule has 0 bridgehead atoms. The van der Waals surface area contributed by atoms with Crippen molar-refractivity contribution >= 4 is 32.3 Å². The average Bonchev–Trinajstić information content (AvgIpc) is 2.77. The molecule has 31 heavy (non-hydrogen) atoms. The van der Waals surface area contributed by atoms with Gasteiger partial charge in [-0.15, -0.1) is 0 Å². The molecule has 1 aromatic heterocycles. The summed E-state index contributed by atoms with van der Waals surface area (Å²) >= 11 is 6.16. The van der Waals surface area contributed by atoms with Crippen LogP contribution in [0.25, 0.3) is 22.0 Å². The van der Waals surface area contributed by atoms with E-state index in [-0.39, 0.29) is 15.5 Å². The van der Waals surface area contributed by atoms with Gasteiger partial charge in [-0.2, -0.15) is 0 Å². The number of halogens is 2. The smallest absolute Gasteiger partial charge is 0.208 e. The van der Waals surface area contributed by atoms with Crippen LogP contribution in [0.2, 0.25) is 5.02 Å². The van der Waals surface area contributed by atoms with Crippen molar-refractivity contribution in [3.8, 4) is 22.6 Å². The highest BCUT2D eigenvalue weighted by Gasteiger charge is 2.26. The van der Waals surface area contributed by atoms with Crippen LogP contribution in [0.15, 0.2) is 76.7 Å². The van der Waals surface area contributed by atoms with Crippen LogP contribution in [-0.2, 0) is 9.84 Å². The largest absolute Gasteiger partial charge is 0.493 e. The van der Waals surface area contributed by atoms with Crippen LogP contribution in [0.5, 0.6) is 11.5 Å². The highest BCUT2D eigenvalue weighted by molar-refractivity contribution is 7.91. The van der Waals surface area contributed by atoms with E-state index in [1.807, 2.05) is 0 Å². The zero-order valence-electron chi connectivity index (χ0n) is 16.6. The molecular weight excluding hydrogens is 441 g/mol. The Balaban J connectivity index is 2.05. The van der Waals surface area contributed by atoms with Gasteiger partial charge in [0.05, 0.1) is 29.5 Å². The Bertz CT molecular complexity index is 1410. The summed E-state index contributed by atoms with van der Waals surface area (Å²) in [7, 11) is -1.17. The molecule has 0 saturated heterocycles. The van der Waals surface area contributed by atoms with E-state index >= 15 is 0 Å². The number of methoxy groups -OCH3 is 2. The molecule has 0 fully saturated rings. The number of hydrogen-bond acceptors (Lipinski definition) is 5. The van der Waals surface area contributed by atoms with E-state index in [2.05, 4.69) is 4.98 Å². The molecule has 0 aliphatic carbocycles. The van der Waals surface area contributed by atoms with Gasteiger partial charge in [0.2, 0.25) is 9.84 Å². The van der Waals surface area contributed by atoms with Crippen molar-refractivity contribution in [2.75, 3.05) is 14.2 Å². The second-order valence-electron chi connectivity index (χ2n) is 6.69. The molecule has 5 nitrogen and oxygen atoms in total. The highest BCUT2D eigenvalue weighted by Crippen LogP contribution is 2.39. The van der Waals surface area contributed by atoms with Crippen LogP contribution in [0.3, 0.4) is 0 Å². The first kappa shape index (κ1) is 21.1. The summed E-state index contributed by atoms with van der Waals surface area (Å²) < 4.78 is 51.9. The van der Waals surface area contributed by atoms with Crippen molar-refractivity contribution in [1.82, 2.24) is 4.98 Å². The van der Waals surface area contributed by atoms with E-state index in [0.29, 0.717) is 32.8 Å². The minimum absolute atomic E-state index is 0.00835. The zero-order chi connectivity index (χ0) is 22.2. The Morgan fingerprint density at radius 1 is 0.935 bits per heavy atom. The second kappa shape index (κ2) is 8.17. The van der Waals surface area contributed by atoms with E-state index < -0.39 is 15.7 Å². The predicted molar refractivity (Wildman–Crippen MR) is 117 cm³/mol. The van der Waals surface area contributed by atoms with Crippen LogP contribution >= 0.6 is 11.6 Å². The van der Waals surface area contributed by atoms with E-state index in [9.17, 15) is 12.8 Å². The number of nitrogens with zero attached hydrogens (tertiary/aromatic N) is 1. The summed E-state index contributed by atoms with van der Waals surface area (Å²) in [5, 5.41) is 0.789. The Labute approximate surface area is 183 Å². The Kier molecular flexibility index (Phi) is 5.56. The van der Waals surface area contributed by atoms with Crippen molar-refractivity contribution in [1.29, 1.82) is 0 Å². The third-order valence-electron chi connectivity index (χ3n) is 4.86. The average molecular weight is 458 g/mol. The number of rotatable bonds is 5. The van der Waals surface area contributed by atoms with E-state index in [0.717, 1.165) is 0 Å². The lowest BCUT2D eigenvalue weighted by Gasteiger charge is -2.15. The lowest BCUT2D eigenvalue weighted by molar-refractivity contribution is 0.354. The van der Waals surface area contributed by atoms with E-state index in [4.69, 9.17) is 21.1 Å². The van der Waals surface area contributed by atoms with Crippen LogP contribution < -0.4 is 9.47 Å². The molecule has 3 aromatic carbocycles. The Morgan fingerprint density at radius 2 is 1.71 bits per heavy atom. The SMILES string of the molecule is COc1ccc(S(=O)(=O)c2cnc3ccc(F)cc3c2-c2cccc(Cl)c2)cc1OC. The van der Waals surface area contributed by atoms with Gasteiger partial charge < -0.3 is 9.47 Å². The number of fused-ring (bicyclic) bond motifs is 1. The van der Waals surface area contributed by atoms with Crippen molar-refractivity contribution in [2.24, 2.45) is 0 Å². The summed E-state index contributed by atoms with van der Waals surface area (Å²) in [5.41, 5.74) is 1.31. The molecule has 0 aliphatic heterocycles. The van der Waals surface area contributed by atoms with Gasteiger partial charge in [0.25, 0.3) is 0 Å². The van der Waals surface area contributed by atoms with Crippen molar-refractivity contribution < 1.29 is 22.3 Å². The van der Waals surface area contributed by atoms with Gasteiger partial charge in [-0.1, -0.05) is 23.7 Å². The van der Waals surface area contributed by atoms with Gasteiger partial charge >= 0.3 is 0 Å². The predicted octanol–water partition coefficient (Wildman–Crippen LogP) is 5.54. The zero-order valence-corrected chi connectivity index (χ0v) is 18.2. The highest BCUT2D eigenvalue weighted by atomic mass is 35.5. The molecule has 0 amide bonds. The number of benzene rings is 3. The number of pyridine rings is 1. The molecule has 0 unspecified atom stereocenters. The fourth-order valence-corrected chi connectivity index (χ4v) is 5.04. The van der Waals surface area contributed by atoms with Crippen molar-refractivity contribution in [2.45, 2.75) is 9.79 Å². The molecule has 0 N–H and O–H groups in total. The van der Waals surface area contributed by atoms with Crippen LogP contribution in [0.4, 0.5) is 4.39 Å². The van der Waals surface area contributed by atoms with Crippen LogP contribution in [-0.4, -0.2) is 27.6 Å². The first-order chi connectivity index (χ1) is 14.8. The van der Waals surface area contributed by atoms with E-state index in [1.54, 1.807) is 24.3 Å². The fourth-order valence-electron chi connectivity index (χ4n) is 3.40. The molecule has 1 heterocycles. The summed E-state index contributed by atoms with van der Waals surface area (Å²) in [4.78, 5) is 4.19. The standard InChI is InChI=1S/C23H17ClFNO4S/c1-29-20-9-7-17(12-21(20)30-2)31(27,28)22-13-26-19-8-6-16(25)11-18(19)23(22)14-4-3-5-15(24)10-14/h3-13H,1-2H3. The van der Waals surface area contributed by atoms with Gasteiger partial charge in [-0.25, -0.2) is 12.8 Å². The topological polar surface area (TPSA) is 65.5 Å². The molecule has 0 saturated carbocycles. The first-order valence-electron chi connectivity index (χ1n) is 9.16. The molecule has 0 radical (unpaired) electrons. The maximum atomic E-state index is 14.1. The van der Waals surface area contributed by atoms with Crippen molar-refractivity contribution in [3.05, 3.63) is 77.7 Å². The number of aromatic nitrogens is 1. The summed E-state index contributed by atoms with van der Waals surface area (Å²) in [6.07, 6.45) is 1.28. The van der Waals surface area contributed by atoms with Gasteiger partial charge in [0.15, 0.2) is 11.5 Å². The van der Waals surface area contributed by atoms with Gasteiger partial charge in [-0.3, -0.25) is 4.98 Å². The summed E-state index contributed by atoms with van der Waals surface area (Å²) in [6, 6.07) is 15.1. The minimum atomic E-state index is -4.06. The Hall–Kier alpha value is -3.16. The minimum Gasteiger partial charge on any atom is -0.493 e. The lowest BCUT2D eigenvalue weighted by Crippen LogP contribution is -2.06. The molecular formula is C23H17ClFNO4S. The van der Waals surface area contributed by atoms with Gasteiger partial charge in [0.1, 0.15) is 5.82 Å². The fraction of sp³-hybridized carbons (Fsp3) is 0.0870. The van der Waals surface area contributed by atoms with Crippen LogP contribution in [0, 0.1) is 5.82 Å². The second-order valence-corrected chi connectivity index (χ2v) is 9.04. The lowest BCUT2D eigenvalue weighted by atomic mass is 10.0. The van der Waals surface area contributed by atoms with Gasteiger partial charge in [0, 0.05) is 28.2 Å². The molecule has 0 atom stereocenters. The maximum absolute atomic E-state index is 14.1. The summed E-state index contributed by atoms with van der Waals surface area (Å²) in [5.74, 6) is 0.168. The number of ether oxygens (including phenoxy) is 2. The third-order valence-corrected chi connectivity index (χ3v) is 6.86. The maximum Gasteiger partial charge on any atom is 0.208 e. The molecule has 4 aromatic rings. The first-order valence-corrected chi connectivity index (χ1v) is 11.0. The molecule has 0 spiro atoms. The summed E-state index contributed by atoms with van der Waals surface area (Å²) in [6.45, 7) is 0. The van der Waals surface area contributed by atoms with E-state index in [1.165, 1.54) is 56.8 Å². The molecule has 4 rings (SSSR count). The number of hydrogen-bond donors (Lipinski definition) is 0. The Morgan fingerprint density at radius 3 is 2.42 bits per heavy atom. The molecule has 0 aliphatic rings. The molecule has 8 heteroatoms. The monoisotopic (exact) mass is 457 g/mol. The quantitative estimate of drug-likeness (QED) is 0.393. The third kappa shape index (κ3) is 3.82. The normalized spacial score (nSPS) is 11.5. The van der Waals surface area contributed by atoms with Gasteiger partial charge in [-0.05, 0) is 48.0 Å². The molecule has 158 valence electrons. The van der Waals surface area contributed by atoms with Crippen LogP contribution in [0.1, 0.15) is 0 Å².